The van der Waals surface area contributed by atoms with E-state index in [0.29, 0.717) is 17.0 Å². The molecule has 0 saturated heterocycles. The molecule has 0 saturated carbocycles. The summed E-state index contributed by atoms with van der Waals surface area (Å²) in [6.07, 6.45) is 0. The van der Waals surface area contributed by atoms with Gasteiger partial charge in [-0.15, -0.1) is 0 Å². The number of rotatable bonds is 2. The molecule has 0 aliphatic carbocycles. The zero-order valence-corrected chi connectivity index (χ0v) is 10.6. The van der Waals surface area contributed by atoms with Gasteiger partial charge in [-0.25, -0.2) is 9.18 Å². The third kappa shape index (κ3) is 1.99. The minimum absolute atomic E-state index is 0.0169. The number of carboxylic acid groups (broad SMARTS) is 1. The first-order valence-electron chi connectivity index (χ1n) is 5.27. The summed E-state index contributed by atoms with van der Waals surface area (Å²) in [5.41, 5.74) is 2.23. The monoisotopic (exact) mass is 267 g/mol. The highest BCUT2D eigenvalue weighted by Crippen LogP contribution is 2.28. The van der Waals surface area contributed by atoms with Crippen molar-refractivity contribution in [1.82, 2.24) is 4.57 Å². The Balaban J connectivity index is 2.61. The van der Waals surface area contributed by atoms with E-state index in [-0.39, 0.29) is 10.6 Å². The summed E-state index contributed by atoms with van der Waals surface area (Å²) < 4.78 is 14.8. The summed E-state index contributed by atoms with van der Waals surface area (Å²) in [5.74, 6) is -1.48. The molecule has 0 amide bonds. The molecule has 1 aromatic heterocycles. The number of benzene rings is 1. The molecule has 0 bridgehead atoms. The lowest BCUT2D eigenvalue weighted by atomic mass is 10.1. The van der Waals surface area contributed by atoms with Crippen LogP contribution in [0.4, 0.5) is 4.39 Å². The van der Waals surface area contributed by atoms with Crippen molar-refractivity contribution in [2.24, 2.45) is 7.05 Å². The SMILES string of the molecule is Cc1c(C(=O)O)cc(-c2ccc(F)c(Cl)c2)n1C. The first kappa shape index (κ1) is 12.6. The molecule has 0 atom stereocenters. The number of aromatic nitrogens is 1. The van der Waals surface area contributed by atoms with Crippen LogP contribution in [0.25, 0.3) is 11.3 Å². The quantitative estimate of drug-likeness (QED) is 0.905. The van der Waals surface area contributed by atoms with Gasteiger partial charge in [0, 0.05) is 18.4 Å². The molecule has 94 valence electrons. The molecule has 0 aliphatic heterocycles. The number of halogens is 2. The molecule has 0 unspecified atom stereocenters. The van der Waals surface area contributed by atoms with Crippen molar-refractivity contribution in [3.8, 4) is 11.3 Å². The van der Waals surface area contributed by atoms with Crippen molar-refractivity contribution in [1.29, 1.82) is 0 Å². The molecule has 18 heavy (non-hydrogen) atoms. The van der Waals surface area contributed by atoms with Crippen LogP contribution in [0.2, 0.25) is 5.02 Å². The molecular formula is C13H11ClFNO2. The summed E-state index contributed by atoms with van der Waals surface area (Å²) >= 11 is 5.72. The average molecular weight is 268 g/mol. The summed E-state index contributed by atoms with van der Waals surface area (Å²) in [6.45, 7) is 1.72. The van der Waals surface area contributed by atoms with E-state index >= 15 is 0 Å². The van der Waals surface area contributed by atoms with Gasteiger partial charge in [0.05, 0.1) is 10.6 Å². The molecule has 2 aromatic rings. The summed E-state index contributed by atoms with van der Waals surface area (Å²) in [4.78, 5) is 11.0. The Bertz CT molecular complexity index is 634. The zero-order valence-electron chi connectivity index (χ0n) is 9.87. The van der Waals surface area contributed by atoms with E-state index in [1.54, 1.807) is 30.7 Å². The molecule has 0 fully saturated rings. The molecule has 0 aliphatic rings. The standard InChI is InChI=1S/C13H11ClFNO2/c1-7-9(13(17)18)6-12(16(7)2)8-3-4-11(15)10(14)5-8/h3-6H,1-2H3,(H,17,18). The number of carboxylic acids is 1. The maximum Gasteiger partial charge on any atom is 0.337 e. The van der Waals surface area contributed by atoms with Crippen LogP contribution in [-0.4, -0.2) is 15.6 Å². The molecule has 5 heteroatoms. The van der Waals surface area contributed by atoms with E-state index < -0.39 is 11.8 Å². The number of nitrogens with zero attached hydrogens (tertiary/aromatic N) is 1. The minimum atomic E-state index is -0.984. The summed E-state index contributed by atoms with van der Waals surface area (Å²) in [5, 5.41) is 9.07. The Morgan fingerprint density at radius 1 is 1.39 bits per heavy atom. The molecular weight excluding hydrogens is 257 g/mol. The van der Waals surface area contributed by atoms with E-state index in [9.17, 15) is 9.18 Å². The smallest absolute Gasteiger partial charge is 0.337 e. The van der Waals surface area contributed by atoms with Crippen LogP contribution < -0.4 is 0 Å². The molecule has 0 radical (unpaired) electrons. The third-order valence-electron chi connectivity index (χ3n) is 2.98. The second kappa shape index (κ2) is 4.46. The zero-order chi connectivity index (χ0) is 13.4. The van der Waals surface area contributed by atoms with E-state index in [1.165, 1.54) is 12.1 Å². The van der Waals surface area contributed by atoms with Gasteiger partial charge in [0.25, 0.3) is 0 Å². The van der Waals surface area contributed by atoms with Crippen LogP contribution in [-0.2, 0) is 7.05 Å². The number of hydrogen-bond donors (Lipinski definition) is 1. The highest BCUT2D eigenvalue weighted by Gasteiger charge is 2.16. The van der Waals surface area contributed by atoms with Crippen LogP contribution in [0.1, 0.15) is 16.1 Å². The number of aromatic carboxylic acids is 1. The average Bonchev–Trinajstić information content (AvgIpc) is 2.60. The van der Waals surface area contributed by atoms with E-state index in [1.807, 2.05) is 0 Å². The van der Waals surface area contributed by atoms with Crippen LogP contribution >= 0.6 is 11.6 Å². The Morgan fingerprint density at radius 2 is 2.06 bits per heavy atom. The highest BCUT2D eigenvalue weighted by atomic mass is 35.5. The lowest BCUT2D eigenvalue weighted by Crippen LogP contribution is -1.99. The minimum Gasteiger partial charge on any atom is -0.478 e. The number of carbonyl (C=O) groups is 1. The van der Waals surface area contributed by atoms with Crippen molar-refractivity contribution in [2.45, 2.75) is 6.92 Å². The van der Waals surface area contributed by atoms with Gasteiger partial charge in [0.2, 0.25) is 0 Å². The first-order chi connectivity index (χ1) is 8.41. The van der Waals surface area contributed by atoms with Crippen LogP contribution in [0.5, 0.6) is 0 Å². The second-order valence-corrected chi connectivity index (χ2v) is 4.43. The predicted octanol–water partition coefficient (Wildman–Crippen LogP) is 3.49. The van der Waals surface area contributed by atoms with E-state index in [0.717, 1.165) is 0 Å². The third-order valence-corrected chi connectivity index (χ3v) is 3.27. The van der Waals surface area contributed by atoms with Crippen LogP contribution in [0.3, 0.4) is 0 Å². The van der Waals surface area contributed by atoms with Crippen LogP contribution in [0.15, 0.2) is 24.3 Å². The summed E-state index contributed by atoms with van der Waals surface area (Å²) in [7, 11) is 1.76. The summed E-state index contributed by atoms with van der Waals surface area (Å²) in [6, 6.07) is 5.88. The molecule has 2 rings (SSSR count). The van der Waals surface area contributed by atoms with Crippen molar-refractivity contribution in [3.05, 3.63) is 46.4 Å². The van der Waals surface area contributed by atoms with Crippen molar-refractivity contribution < 1.29 is 14.3 Å². The Labute approximate surface area is 108 Å². The maximum atomic E-state index is 13.1. The number of hydrogen-bond acceptors (Lipinski definition) is 1. The van der Waals surface area contributed by atoms with E-state index in [4.69, 9.17) is 16.7 Å². The fourth-order valence-electron chi connectivity index (χ4n) is 1.85. The normalized spacial score (nSPS) is 10.7. The fourth-order valence-corrected chi connectivity index (χ4v) is 2.03. The topological polar surface area (TPSA) is 42.2 Å². The van der Waals surface area contributed by atoms with Crippen molar-refractivity contribution in [3.63, 3.8) is 0 Å². The van der Waals surface area contributed by atoms with Crippen LogP contribution in [0, 0.1) is 12.7 Å². The van der Waals surface area contributed by atoms with E-state index in [2.05, 4.69) is 0 Å². The van der Waals surface area contributed by atoms with Gasteiger partial charge in [-0.05, 0) is 36.8 Å². The van der Waals surface area contributed by atoms with Gasteiger partial charge in [-0.2, -0.15) is 0 Å². The fraction of sp³-hybridized carbons (Fsp3) is 0.154. The van der Waals surface area contributed by atoms with Gasteiger partial charge >= 0.3 is 5.97 Å². The lowest BCUT2D eigenvalue weighted by molar-refractivity contribution is 0.0696. The molecule has 1 N–H and O–H groups in total. The Hall–Kier alpha value is -1.81. The largest absolute Gasteiger partial charge is 0.478 e. The van der Waals surface area contributed by atoms with Crippen molar-refractivity contribution >= 4 is 17.6 Å². The van der Waals surface area contributed by atoms with Gasteiger partial charge in [0.15, 0.2) is 0 Å². The molecule has 0 spiro atoms. The second-order valence-electron chi connectivity index (χ2n) is 4.02. The molecule has 1 heterocycles. The Kier molecular flexibility index (Phi) is 3.13. The molecule has 3 nitrogen and oxygen atoms in total. The van der Waals surface area contributed by atoms with Gasteiger partial charge in [-0.1, -0.05) is 11.6 Å². The van der Waals surface area contributed by atoms with Crippen molar-refractivity contribution in [2.75, 3.05) is 0 Å². The van der Waals surface area contributed by atoms with Gasteiger partial charge in [-0.3, -0.25) is 0 Å². The first-order valence-corrected chi connectivity index (χ1v) is 5.64. The lowest BCUT2D eigenvalue weighted by Gasteiger charge is -2.06. The molecule has 1 aromatic carbocycles. The van der Waals surface area contributed by atoms with Gasteiger partial charge in [0.1, 0.15) is 5.82 Å². The highest BCUT2D eigenvalue weighted by molar-refractivity contribution is 6.31. The Morgan fingerprint density at radius 3 is 2.56 bits per heavy atom. The predicted molar refractivity (Wildman–Crippen MR) is 67.5 cm³/mol. The maximum absolute atomic E-state index is 13.1. The van der Waals surface area contributed by atoms with Gasteiger partial charge < -0.3 is 9.67 Å².